The van der Waals surface area contributed by atoms with E-state index in [0.717, 1.165) is 25.3 Å². The Balaban J connectivity index is 2.05. The van der Waals surface area contributed by atoms with Gasteiger partial charge in [0.05, 0.1) is 18.1 Å². The first-order chi connectivity index (χ1) is 11.4. The molecule has 2 heterocycles. The monoisotopic (exact) mass is 336 g/mol. The number of aliphatic carboxylic acids is 1. The summed E-state index contributed by atoms with van der Waals surface area (Å²) in [5.74, 6) is 0.615. The molecule has 1 aliphatic heterocycles. The summed E-state index contributed by atoms with van der Waals surface area (Å²) >= 11 is 0. The summed E-state index contributed by atoms with van der Waals surface area (Å²) in [5.41, 5.74) is 0. The highest BCUT2D eigenvalue weighted by atomic mass is 16.5. The Morgan fingerprint density at radius 2 is 2.21 bits per heavy atom. The Kier molecular flexibility index (Phi) is 6.36. The summed E-state index contributed by atoms with van der Waals surface area (Å²) in [6, 6.07) is 2.09. The Morgan fingerprint density at radius 3 is 2.88 bits per heavy atom. The average Bonchev–Trinajstić information content (AvgIpc) is 2.55. The maximum absolute atomic E-state index is 11.0. The fraction of sp³-hybridized carbons (Fsp3) is 0.706. The van der Waals surface area contributed by atoms with E-state index >= 15 is 0 Å². The molecule has 0 radical (unpaired) electrons. The first-order valence-electron chi connectivity index (χ1n) is 8.52. The Labute approximate surface area is 143 Å². The van der Waals surface area contributed by atoms with Gasteiger partial charge in [0.2, 0.25) is 0 Å². The van der Waals surface area contributed by atoms with Gasteiger partial charge in [0.25, 0.3) is 0 Å². The van der Waals surface area contributed by atoms with Crippen molar-refractivity contribution in [2.45, 2.75) is 45.8 Å². The van der Waals surface area contributed by atoms with E-state index in [2.05, 4.69) is 29.1 Å². The van der Waals surface area contributed by atoms with E-state index in [1.807, 2.05) is 18.0 Å². The number of hydrogen-bond donors (Lipinski definition) is 2. The molecule has 1 fully saturated rings. The molecule has 0 saturated carbocycles. The highest BCUT2D eigenvalue weighted by molar-refractivity contribution is 5.70. The Morgan fingerprint density at radius 1 is 1.46 bits per heavy atom. The third-order valence-corrected chi connectivity index (χ3v) is 4.37. The smallest absolute Gasteiger partial charge is 0.308 e. The second kappa shape index (κ2) is 8.28. The lowest BCUT2D eigenvalue weighted by Crippen LogP contribution is -2.43. The van der Waals surface area contributed by atoms with Crippen molar-refractivity contribution in [1.82, 2.24) is 9.97 Å². The molecule has 0 bridgehead atoms. The van der Waals surface area contributed by atoms with E-state index < -0.39 is 11.9 Å². The molecule has 134 valence electrons. The first kappa shape index (κ1) is 18.4. The van der Waals surface area contributed by atoms with Gasteiger partial charge >= 0.3 is 5.97 Å². The van der Waals surface area contributed by atoms with E-state index in [0.29, 0.717) is 18.3 Å². The highest BCUT2D eigenvalue weighted by Crippen LogP contribution is 2.24. The van der Waals surface area contributed by atoms with Crippen LogP contribution < -0.4 is 10.2 Å². The summed E-state index contributed by atoms with van der Waals surface area (Å²) in [5, 5.41) is 12.5. The molecular weight excluding hydrogens is 308 g/mol. The van der Waals surface area contributed by atoms with Crippen LogP contribution in [0.5, 0.6) is 0 Å². The highest BCUT2D eigenvalue weighted by Gasteiger charge is 2.28. The molecule has 1 aliphatic rings. The van der Waals surface area contributed by atoms with Gasteiger partial charge < -0.3 is 20.1 Å². The molecule has 0 aromatic carbocycles. The van der Waals surface area contributed by atoms with Gasteiger partial charge in [0.15, 0.2) is 0 Å². The molecule has 1 saturated heterocycles. The molecule has 7 nitrogen and oxygen atoms in total. The fourth-order valence-corrected chi connectivity index (χ4v) is 3.02. The summed E-state index contributed by atoms with van der Waals surface area (Å²) in [4.78, 5) is 21.4. The maximum Gasteiger partial charge on any atom is 0.308 e. The third-order valence-electron chi connectivity index (χ3n) is 4.37. The number of carboxylic acids is 1. The lowest BCUT2D eigenvalue weighted by atomic mass is 9.94. The Hall–Kier alpha value is -1.89. The van der Waals surface area contributed by atoms with E-state index in [1.54, 1.807) is 6.92 Å². The van der Waals surface area contributed by atoms with Crippen LogP contribution in [0.3, 0.4) is 0 Å². The number of nitrogens with one attached hydrogen (secondary N) is 1. The molecular formula is C17H28N4O3. The van der Waals surface area contributed by atoms with Crippen molar-refractivity contribution in [3.63, 3.8) is 0 Å². The minimum atomic E-state index is -0.812. The van der Waals surface area contributed by atoms with Crippen LogP contribution in [0.1, 0.15) is 33.6 Å². The molecule has 1 aromatic rings. The number of carboxylic acid groups (broad SMARTS) is 1. The number of anilines is 2. The van der Waals surface area contributed by atoms with E-state index in [1.165, 1.54) is 6.33 Å². The van der Waals surface area contributed by atoms with E-state index in [4.69, 9.17) is 9.84 Å². The largest absolute Gasteiger partial charge is 0.481 e. The molecule has 0 amide bonds. The standard InChI is InChI=1S/C17H28N4O3/c1-11(2)16-13(6-5-7-24-16)20-14-8-15(19-10-18-14)21(4)9-12(3)17(22)23/h8,10-13,16H,5-7,9H2,1-4H3,(H,22,23)(H,18,19,20). The van der Waals surface area contributed by atoms with E-state index in [9.17, 15) is 4.79 Å². The van der Waals surface area contributed by atoms with Crippen LogP contribution in [0, 0.1) is 11.8 Å². The molecule has 0 spiro atoms. The van der Waals surface area contributed by atoms with Crippen LogP contribution in [0.4, 0.5) is 11.6 Å². The average molecular weight is 336 g/mol. The van der Waals surface area contributed by atoms with Gasteiger partial charge in [-0.15, -0.1) is 0 Å². The lowest BCUT2D eigenvalue weighted by Gasteiger charge is -2.35. The van der Waals surface area contributed by atoms with Crippen molar-refractivity contribution in [2.24, 2.45) is 11.8 Å². The van der Waals surface area contributed by atoms with Crippen LogP contribution >= 0.6 is 0 Å². The van der Waals surface area contributed by atoms with Gasteiger partial charge in [-0.05, 0) is 18.8 Å². The molecule has 2 N–H and O–H groups in total. The number of nitrogens with zero attached hydrogens (tertiary/aromatic N) is 3. The summed E-state index contributed by atoms with van der Waals surface area (Å²) in [6.07, 6.45) is 3.76. The summed E-state index contributed by atoms with van der Waals surface area (Å²) < 4.78 is 5.90. The molecule has 3 atom stereocenters. The molecule has 3 unspecified atom stereocenters. The van der Waals surface area contributed by atoms with Gasteiger partial charge in [0, 0.05) is 26.3 Å². The van der Waals surface area contributed by atoms with Crippen LogP contribution in [0.25, 0.3) is 0 Å². The third kappa shape index (κ3) is 4.80. The maximum atomic E-state index is 11.0. The van der Waals surface area contributed by atoms with Gasteiger partial charge in [0.1, 0.15) is 18.0 Å². The first-order valence-corrected chi connectivity index (χ1v) is 8.52. The predicted octanol–water partition coefficient (Wildman–Crippen LogP) is 2.25. The van der Waals surface area contributed by atoms with Gasteiger partial charge in [-0.25, -0.2) is 9.97 Å². The topological polar surface area (TPSA) is 87.6 Å². The molecule has 1 aromatic heterocycles. The molecule has 0 aliphatic carbocycles. The van der Waals surface area contributed by atoms with Crippen molar-refractivity contribution in [3.8, 4) is 0 Å². The second-order valence-corrected chi connectivity index (χ2v) is 6.85. The number of rotatable bonds is 7. The zero-order valence-electron chi connectivity index (χ0n) is 14.9. The van der Waals surface area contributed by atoms with Crippen molar-refractivity contribution in [2.75, 3.05) is 30.4 Å². The van der Waals surface area contributed by atoms with Gasteiger partial charge in [-0.3, -0.25) is 4.79 Å². The van der Waals surface area contributed by atoms with Crippen LogP contribution in [0.2, 0.25) is 0 Å². The van der Waals surface area contributed by atoms with E-state index in [-0.39, 0.29) is 12.1 Å². The molecule has 24 heavy (non-hydrogen) atoms. The van der Waals surface area contributed by atoms with Crippen molar-refractivity contribution in [3.05, 3.63) is 12.4 Å². The van der Waals surface area contributed by atoms with Crippen LogP contribution in [-0.2, 0) is 9.53 Å². The summed E-state index contributed by atoms with van der Waals surface area (Å²) in [7, 11) is 1.84. The normalized spacial score (nSPS) is 22.2. The quantitative estimate of drug-likeness (QED) is 0.789. The summed E-state index contributed by atoms with van der Waals surface area (Å²) in [6.45, 7) is 7.22. The predicted molar refractivity (Wildman–Crippen MR) is 93.3 cm³/mol. The number of ether oxygens (including phenoxy) is 1. The van der Waals surface area contributed by atoms with Gasteiger partial charge in [-0.2, -0.15) is 0 Å². The number of aromatic nitrogens is 2. The second-order valence-electron chi connectivity index (χ2n) is 6.85. The number of carbonyl (C=O) groups is 1. The lowest BCUT2D eigenvalue weighted by molar-refractivity contribution is -0.140. The SMILES string of the molecule is CC(CN(C)c1cc(NC2CCCOC2C(C)C)ncn1)C(=O)O. The molecule has 2 rings (SSSR count). The van der Waals surface area contributed by atoms with Crippen molar-refractivity contribution >= 4 is 17.6 Å². The fourth-order valence-electron chi connectivity index (χ4n) is 3.02. The zero-order valence-corrected chi connectivity index (χ0v) is 14.9. The van der Waals surface area contributed by atoms with Crippen LogP contribution in [-0.4, -0.2) is 53.4 Å². The van der Waals surface area contributed by atoms with Crippen molar-refractivity contribution < 1.29 is 14.6 Å². The Bertz CT molecular complexity index is 552. The minimum absolute atomic E-state index is 0.168. The van der Waals surface area contributed by atoms with Crippen molar-refractivity contribution in [1.29, 1.82) is 0 Å². The number of hydrogen-bond acceptors (Lipinski definition) is 6. The van der Waals surface area contributed by atoms with Gasteiger partial charge in [-0.1, -0.05) is 20.8 Å². The zero-order chi connectivity index (χ0) is 17.7. The molecule has 7 heteroatoms. The minimum Gasteiger partial charge on any atom is -0.481 e. The van der Waals surface area contributed by atoms with Crippen LogP contribution in [0.15, 0.2) is 12.4 Å².